The van der Waals surface area contributed by atoms with Gasteiger partial charge in [0.1, 0.15) is 11.9 Å². The van der Waals surface area contributed by atoms with Crippen LogP contribution in [-0.2, 0) is 11.3 Å². The van der Waals surface area contributed by atoms with Crippen LogP contribution in [0.1, 0.15) is 15.9 Å². The SMILES string of the molecule is COc1ccc(C(=O)Nc2cccc(CN3CCOC(C(F)F)C3)c2)cc1. The Morgan fingerprint density at radius 3 is 2.78 bits per heavy atom. The summed E-state index contributed by atoms with van der Waals surface area (Å²) in [6.45, 7) is 1.62. The number of ether oxygens (including phenoxy) is 2. The van der Waals surface area contributed by atoms with Crippen LogP contribution >= 0.6 is 0 Å². The molecule has 0 aliphatic carbocycles. The summed E-state index contributed by atoms with van der Waals surface area (Å²) in [5.41, 5.74) is 2.12. The fourth-order valence-corrected chi connectivity index (χ4v) is 2.98. The first-order chi connectivity index (χ1) is 13.0. The quantitative estimate of drug-likeness (QED) is 0.840. The van der Waals surface area contributed by atoms with Gasteiger partial charge in [0, 0.05) is 30.9 Å². The second-order valence-electron chi connectivity index (χ2n) is 6.36. The van der Waals surface area contributed by atoms with Gasteiger partial charge in [-0.15, -0.1) is 0 Å². The molecule has 1 unspecified atom stereocenters. The van der Waals surface area contributed by atoms with Crippen LogP contribution in [0.3, 0.4) is 0 Å². The van der Waals surface area contributed by atoms with Crippen LogP contribution in [0, 0.1) is 0 Å². The molecule has 144 valence electrons. The molecule has 1 N–H and O–H groups in total. The molecule has 1 fully saturated rings. The van der Waals surface area contributed by atoms with Gasteiger partial charge in [-0.25, -0.2) is 8.78 Å². The highest BCUT2D eigenvalue weighted by Gasteiger charge is 2.27. The van der Waals surface area contributed by atoms with Crippen LogP contribution in [0.15, 0.2) is 48.5 Å². The third kappa shape index (κ3) is 5.24. The highest BCUT2D eigenvalue weighted by atomic mass is 19.3. The number of morpholine rings is 1. The molecule has 2 aromatic carbocycles. The maximum atomic E-state index is 12.8. The Morgan fingerprint density at radius 1 is 1.30 bits per heavy atom. The molecule has 0 radical (unpaired) electrons. The van der Waals surface area contributed by atoms with Gasteiger partial charge in [-0.05, 0) is 42.0 Å². The first-order valence-corrected chi connectivity index (χ1v) is 8.71. The Hall–Kier alpha value is -2.51. The normalized spacial score (nSPS) is 17.7. The molecule has 1 aliphatic heterocycles. The molecular weight excluding hydrogens is 354 g/mol. The number of nitrogens with one attached hydrogen (secondary N) is 1. The van der Waals surface area contributed by atoms with Crippen molar-refractivity contribution in [3.05, 3.63) is 59.7 Å². The predicted octanol–water partition coefficient (Wildman–Crippen LogP) is 3.41. The topological polar surface area (TPSA) is 50.8 Å². The summed E-state index contributed by atoms with van der Waals surface area (Å²) in [5.74, 6) is 0.458. The highest BCUT2D eigenvalue weighted by molar-refractivity contribution is 6.04. The molecule has 7 heteroatoms. The van der Waals surface area contributed by atoms with Gasteiger partial charge in [0.25, 0.3) is 12.3 Å². The van der Waals surface area contributed by atoms with Crippen LogP contribution in [0.25, 0.3) is 0 Å². The van der Waals surface area contributed by atoms with Gasteiger partial charge in [-0.3, -0.25) is 9.69 Å². The molecule has 1 atom stereocenters. The molecule has 1 saturated heterocycles. The number of rotatable bonds is 6. The average Bonchev–Trinajstić information content (AvgIpc) is 2.68. The van der Waals surface area contributed by atoms with E-state index in [4.69, 9.17) is 9.47 Å². The molecule has 5 nitrogen and oxygen atoms in total. The second kappa shape index (κ2) is 8.92. The highest BCUT2D eigenvalue weighted by Crippen LogP contribution is 2.18. The molecule has 1 amide bonds. The first kappa shape index (κ1) is 19.3. The number of hydrogen-bond acceptors (Lipinski definition) is 4. The van der Waals surface area contributed by atoms with Gasteiger partial charge in [-0.1, -0.05) is 12.1 Å². The third-order valence-electron chi connectivity index (χ3n) is 4.40. The Balaban J connectivity index is 1.62. The maximum absolute atomic E-state index is 12.8. The fourth-order valence-electron chi connectivity index (χ4n) is 2.98. The van der Waals surface area contributed by atoms with E-state index in [1.165, 1.54) is 0 Å². The van der Waals surface area contributed by atoms with E-state index in [2.05, 4.69) is 5.32 Å². The molecular formula is C20H22F2N2O3. The number of hydrogen-bond donors (Lipinski definition) is 1. The van der Waals surface area contributed by atoms with E-state index in [0.717, 1.165) is 5.56 Å². The van der Waals surface area contributed by atoms with Crippen molar-refractivity contribution in [2.45, 2.75) is 19.1 Å². The number of amides is 1. The van der Waals surface area contributed by atoms with E-state index < -0.39 is 12.5 Å². The van der Waals surface area contributed by atoms with Crippen LogP contribution < -0.4 is 10.1 Å². The average molecular weight is 376 g/mol. The summed E-state index contributed by atoms with van der Waals surface area (Å²) in [6, 6.07) is 14.2. The monoisotopic (exact) mass is 376 g/mol. The van der Waals surface area contributed by atoms with Crippen LogP contribution in [-0.4, -0.2) is 50.1 Å². The molecule has 0 bridgehead atoms. The number of alkyl halides is 2. The van der Waals surface area contributed by atoms with E-state index in [1.807, 2.05) is 23.1 Å². The Labute approximate surface area is 156 Å². The number of carbonyl (C=O) groups is 1. The van der Waals surface area contributed by atoms with Crippen molar-refractivity contribution in [1.29, 1.82) is 0 Å². The van der Waals surface area contributed by atoms with Gasteiger partial charge < -0.3 is 14.8 Å². The van der Waals surface area contributed by atoms with Crippen LogP contribution in [0.2, 0.25) is 0 Å². The minimum Gasteiger partial charge on any atom is -0.497 e. The van der Waals surface area contributed by atoms with Crippen LogP contribution in [0.5, 0.6) is 5.75 Å². The van der Waals surface area contributed by atoms with Gasteiger partial charge in [-0.2, -0.15) is 0 Å². The fraction of sp³-hybridized carbons (Fsp3) is 0.350. The zero-order chi connectivity index (χ0) is 19.2. The molecule has 0 spiro atoms. The number of benzene rings is 2. The molecule has 2 aromatic rings. The summed E-state index contributed by atoms with van der Waals surface area (Å²) >= 11 is 0. The van der Waals surface area contributed by atoms with Crippen molar-refractivity contribution in [3.63, 3.8) is 0 Å². The summed E-state index contributed by atoms with van der Waals surface area (Å²) in [6.07, 6.45) is -3.53. The van der Waals surface area contributed by atoms with Crippen molar-refractivity contribution in [2.75, 3.05) is 32.1 Å². The van der Waals surface area contributed by atoms with E-state index in [1.54, 1.807) is 37.4 Å². The summed E-state index contributed by atoms with van der Waals surface area (Å²) in [7, 11) is 1.57. The summed E-state index contributed by atoms with van der Waals surface area (Å²) < 4.78 is 35.9. The van der Waals surface area contributed by atoms with E-state index in [-0.39, 0.29) is 12.5 Å². The molecule has 3 rings (SSSR count). The predicted molar refractivity (Wildman–Crippen MR) is 98.4 cm³/mol. The maximum Gasteiger partial charge on any atom is 0.265 e. The molecule has 1 aliphatic rings. The lowest BCUT2D eigenvalue weighted by Gasteiger charge is -2.32. The van der Waals surface area contributed by atoms with Crippen molar-refractivity contribution in [3.8, 4) is 5.75 Å². The van der Waals surface area contributed by atoms with Crippen molar-refractivity contribution < 1.29 is 23.0 Å². The number of methoxy groups -OCH3 is 1. The van der Waals surface area contributed by atoms with E-state index in [0.29, 0.717) is 36.7 Å². The smallest absolute Gasteiger partial charge is 0.265 e. The zero-order valence-electron chi connectivity index (χ0n) is 15.0. The summed E-state index contributed by atoms with van der Waals surface area (Å²) in [5, 5.41) is 2.86. The number of carbonyl (C=O) groups excluding carboxylic acids is 1. The van der Waals surface area contributed by atoms with Crippen molar-refractivity contribution >= 4 is 11.6 Å². The number of halogens is 2. The van der Waals surface area contributed by atoms with Gasteiger partial charge in [0.2, 0.25) is 0 Å². The van der Waals surface area contributed by atoms with E-state index >= 15 is 0 Å². The van der Waals surface area contributed by atoms with Crippen molar-refractivity contribution in [2.24, 2.45) is 0 Å². The minimum absolute atomic E-state index is 0.195. The lowest BCUT2D eigenvalue weighted by Crippen LogP contribution is -2.45. The Morgan fingerprint density at radius 2 is 2.07 bits per heavy atom. The Bertz CT molecular complexity index is 768. The van der Waals surface area contributed by atoms with Crippen molar-refractivity contribution in [1.82, 2.24) is 4.90 Å². The van der Waals surface area contributed by atoms with Crippen LogP contribution in [0.4, 0.5) is 14.5 Å². The second-order valence-corrected chi connectivity index (χ2v) is 6.36. The van der Waals surface area contributed by atoms with E-state index in [9.17, 15) is 13.6 Å². The summed E-state index contributed by atoms with van der Waals surface area (Å²) in [4.78, 5) is 14.3. The lowest BCUT2D eigenvalue weighted by molar-refractivity contribution is -0.104. The van der Waals surface area contributed by atoms with Gasteiger partial charge in [0.15, 0.2) is 0 Å². The third-order valence-corrected chi connectivity index (χ3v) is 4.40. The van der Waals surface area contributed by atoms with Gasteiger partial charge >= 0.3 is 0 Å². The zero-order valence-corrected chi connectivity index (χ0v) is 15.0. The minimum atomic E-state index is -2.48. The van der Waals surface area contributed by atoms with Gasteiger partial charge in [0.05, 0.1) is 13.7 Å². The lowest BCUT2D eigenvalue weighted by atomic mass is 10.1. The largest absolute Gasteiger partial charge is 0.497 e. The molecule has 0 saturated carbocycles. The molecule has 27 heavy (non-hydrogen) atoms. The number of nitrogens with zero attached hydrogens (tertiary/aromatic N) is 1. The molecule has 0 aromatic heterocycles. The number of anilines is 1. The first-order valence-electron chi connectivity index (χ1n) is 8.71. The Kier molecular flexibility index (Phi) is 6.36. The standard InChI is InChI=1S/C20H22F2N2O3/c1-26-17-7-5-15(6-8-17)20(25)23-16-4-2-3-14(11-16)12-24-9-10-27-18(13-24)19(21)22/h2-8,11,18-19H,9-10,12-13H2,1H3,(H,23,25). The molecule has 1 heterocycles.